The third-order valence-electron chi connectivity index (χ3n) is 2.06. The summed E-state index contributed by atoms with van der Waals surface area (Å²) in [5.41, 5.74) is 0.290. The summed E-state index contributed by atoms with van der Waals surface area (Å²) in [6.07, 6.45) is 0. The first kappa shape index (κ1) is 12.8. The summed E-state index contributed by atoms with van der Waals surface area (Å²) >= 11 is 7.13. The van der Waals surface area contributed by atoms with Crippen molar-refractivity contribution >= 4 is 29.1 Å². The summed E-state index contributed by atoms with van der Waals surface area (Å²) in [6, 6.07) is 4.35. The predicted octanol–water partition coefficient (Wildman–Crippen LogP) is 3.41. The van der Waals surface area contributed by atoms with Gasteiger partial charge in [0.2, 0.25) is 5.89 Å². The summed E-state index contributed by atoms with van der Waals surface area (Å²) in [6.45, 7) is 1.96. The topological polar surface area (TPSA) is 82.1 Å². The first-order valence-electron chi connectivity index (χ1n) is 5.02. The molecule has 0 radical (unpaired) electrons. The van der Waals surface area contributed by atoms with Gasteiger partial charge in [0, 0.05) is 11.6 Å². The molecule has 1 aromatic carbocycles. The number of halogens is 1. The Balaban J connectivity index is 2.38. The van der Waals surface area contributed by atoms with Crippen LogP contribution >= 0.6 is 23.4 Å². The van der Waals surface area contributed by atoms with Crippen molar-refractivity contribution in [2.24, 2.45) is 0 Å². The summed E-state index contributed by atoms with van der Waals surface area (Å²) < 4.78 is 5.36. The number of hydrogen-bond donors (Lipinski definition) is 0. The average molecular weight is 286 g/mol. The largest absolute Gasteiger partial charge is 0.411 e. The van der Waals surface area contributed by atoms with E-state index in [1.165, 1.54) is 23.9 Å². The Labute approximate surface area is 111 Å². The van der Waals surface area contributed by atoms with Gasteiger partial charge < -0.3 is 4.42 Å². The molecule has 0 bridgehead atoms. The van der Waals surface area contributed by atoms with E-state index in [4.69, 9.17) is 16.0 Å². The van der Waals surface area contributed by atoms with Gasteiger partial charge in [0.25, 0.3) is 10.9 Å². The minimum absolute atomic E-state index is 0.0754. The Morgan fingerprint density at radius 2 is 2.28 bits per heavy atom. The fraction of sp³-hybridized carbons (Fsp3) is 0.200. The summed E-state index contributed by atoms with van der Waals surface area (Å²) in [5.74, 6) is 1.05. The summed E-state index contributed by atoms with van der Waals surface area (Å²) in [7, 11) is 0. The maximum Gasteiger partial charge on any atom is 0.288 e. The Morgan fingerprint density at radius 1 is 1.50 bits per heavy atom. The Kier molecular flexibility index (Phi) is 3.83. The van der Waals surface area contributed by atoms with Crippen molar-refractivity contribution in [1.29, 1.82) is 0 Å². The van der Waals surface area contributed by atoms with E-state index in [-0.39, 0.29) is 16.6 Å². The fourth-order valence-electron chi connectivity index (χ4n) is 1.29. The zero-order valence-electron chi connectivity index (χ0n) is 9.29. The number of rotatable bonds is 4. The smallest absolute Gasteiger partial charge is 0.288 e. The molecule has 0 aliphatic rings. The third-order valence-corrected chi connectivity index (χ3v) is 3.08. The molecule has 6 nitrogen and oxygen atoms in total. The van der Waals surface area contributed by atoms with Crippen molar-refractivity contribution in [2.45, 2.75) is 12.1 Å². The monoisotopic (exact) mass is 285 g/mol. The molecule has 0 atom stereocenters. The zero-order chi connectivity index (χ0) is 13.1. The highest BCUT2D eigenvalue weighted by atomic mass is 35.5. The first-order valence-corrected chi connectivity index (χ1v) is 6.38. The van der Waals surface area contributed by atoms with E-state index in [9.17, 15) is 10.1 Å². The molecule has 0 spiro atoms. The van der Waals surface area contributed by atoms with Crippen molar-refractivity contribution in [1.82, 2.24) is 10.2 Å². The molecular weight excluding hydrogens is 278 g/mol. The molecule has 0 fully saturated rings. The normalized spacial score (nSPS) is 10.6. The second-order valence-corrected chi connectivity index (χ2v) is 4.85. The Hall–Kier alpha value is -1.60. The molecule has 0 unspecified atom stereocenters. The van der Waals surface area contributed by atoms with Crippen LogP contribution in [-0.4, -0.2) is 20.9 Å². The minimum atomic E-state index is -0.552. The fourth-order valence-corrected chi connectivity index (χ4v) is 1.96. The Bertz CT molecular complexity index is 587. The van der Waals surface area contributed by atoms with E-state index in [1.807, 2.05) is 6.92 Å². The van der Waals surface area contributed by atoms with Crippen LogP contribution in [0.1, 0.15) is 6.92 Å². The lowest BCUT2D eigenvalue weighted by atomic mass is 10.2. The van der Waals surface area contributed by atoms with Crippen molar-refractivity contribution < 1.29 is 9.34 Å². The van der Waals surface area contributed by atoms with Gasteiger partial charge in [-0.05, 0) is 17.9 Å². The number of thioether (sulfide) groups is 1. The molecule has 94 valence electrons. The lowest BCUT2D eigenvalue weighted by Gasteiger charge is -1.97. The van der Waals surface area contributed by atoms with Gasteiger partial charge in [-0.25, -0.2) is 0 Å². The predicted molar refractivity (Wildman–Crippen MR) is 67.8 cm³/mol. The lowest BCUT2D eigenvalue weighted by molar-refractivity contribution is -0.384. The number of nitrogens with zero attached hydrogens (tertiary/aromatic N) is 3. The number of hydrogen-bond acceptors (Lipinski definition) is 6. The number of nitro groups is 1. The molecule has 0 N–H and O–H groups in total. The van der Waals surface area contributed by atoms with E-state index < -0.39 is 4.92 Å². The molecule has 0 saturated carbocycles. The van der Waals surface area contributed by atoms with Crippen molar-refractivity contribution in [3.63, 3.8) is 0 Å². The van der Waals surface area contributed by atoms with Crippen LogP contribution in [0, 0.1) is 10.1 Å². The van der Waals surface area contributed by atoms with Crippen LogP contribution in [0.4, 0.5) is 5.69 Å². The zero-order valence-corrected chi connectivity index (χ0v) is 10.9. The van der Waals surface area contributed by atoms with Gasteiger partial charge in [-0.1, -0.05) is 30.3 Å². The molecule has 2 aromatic rings. The van der Waals surface area contributed by atoms with Crippen LogP contribution in [0.15, 0.2) is 27.8 Å². The van der Waals surface area contributed by atoms with E-state index in [0.717, 1.165) is 5.75 Å². The summed E-state index contributed by atoms with van der Waals surface area (Å²) in [5, 5.41) is 18.9. The molecular formula is C10H8ClN3O3S. The van der Waals surface area contributed by atoms with Crippen molar-refractivity contribution in [2.75, 3.05) is 5.75 Å². The van der Waals surface area contributed by atoms with Crippen LogP contribution < -0.4 is 0 Å². The number of aromatic nitrogens is 2. The maximum atomic E-state index is 10.8. The van der Waals surface area contributed by atoms with Gasteiger partial charge in [0.05, 0.1) is 4.92 Å². The van der Waals surface area contributed by atoms with Crippen LogP contribution in [0.25, 0.3) is 11.5 Å². The van der Waals surface area contributed by atoms with Crippen molar-refractivity contribution in [3.05, 3.63) is 33.3 Å². The molecule has 0 aliphatic carbocycles. The van der Waals surface area contributed by atoms with Crippen molar-refractivity contribution in [3.8, 4) is 11.5 Å². The van der Waals surface area contributed by atoms with Crippen LogP contribution in [0.2, 0.25) is 5.02 Å². The van der Waals surface area contributed by atoms with Crippen LogP contribution in [-0.2, 0) is 0 Å². The van der Waals surface area contributed by atoms with Gasteiger partial charge in [0.15, 0.2) is 0 Å². The molecule has 0 amide bonds. The third kappa shape index (κ3) is 2.62. The SMILES string of the molecule is CCSc1nnc(-c2ccc(Cl)c([N+](=O)[O-])c2)o1. The van der Waals surface area contributed by atoms with Crippen LogP contribution in [0.5, 0.6) is 0 Å². The van der Waals surface area contributed by atoms with E-state index in [1.54, 1.807) is 6.07 Å². The standard InChI is InChI=1S/C10H8ClN3O3S/c1-2-18-10-13-12-9(17-10)6-3-4-7(11)8(5-6)14(15)16/h3-5H,2H2,1H3. The van der Waals surface area contributed by atoms with Gasteiger partial charge in [-0.3, -0.25) is 10.1 Å². The second kappa shape index (κ2) is 5.36. The second-order valence-electron chi connectivity index (χ2n) is 3.23. The van der Waals surface area contributed by atoms with Gasteiger partial charge in [0.1, 0.15) is 5.02 Å². The summed E-state index contributed by atoms with van der Waals surface area (Å²) in [4.78, 5) is 10.2. The number of nitro benzene ring substituents is 1. The maximum absolute atomic E-state index is 10.8. The molecule has 2 rings (SSSR count). The highest BCUT2D eigenvalue weighted by Crippen LogP contribution is 2.30. The van der Waals surface area contributed by atoms with Gasteiger partial charge in [-0.15, -0.1) is 10.2 Å². The number of benzene rings is 1. The highest BCUT2D eigenvalue weighted by Gasteiger charge is 2.16. The molecule has 1 heterocycles. The van der Waals surface area contributed by atoms with E-state index >= 15 is 0 Å². The quantitative estimate of drug-likeness (QED) is 0.486. The molecule has 1 aromatic heterocycles. The Morgan fingerprint density at radius 3 is 2.94 bits per heavy atom. The molecule has 8 heteroatoms. The van der Waals surface area contributed by atoms with Gasteiger partial charge >= 0.3 is 0 Å². The average Bonchev–Trinajstić information content (AvgIpc) is 2.78. The molecule has 18 heavy (non-hydrogen) atoms. The van der Waals surface area contributed by atoms with E-state index in [2.05, 4.69) is 10.2 Å². The molecule has 0 aliphatic heterocycles. The van der Waals surface area contributed by atoms with Crippen LogP contribution in [0.3, 0.4) is 0 Å². The lowest BCUT2D eigenvalue weighted by Crippen LogP contribution is -1.90. The molecule has 0 saturated heterocycles. The van der Waals surface area contributed by atoms with E-state index in [0.29, 0.717) is 10.8 Å². The minimum Gasteiger partial charge on any atom is -0.411 e. The first-order chi connectivity index (χ1) is 8.61. The van der Waals surface area contributed by atoms with Gasteiger partial charge in [-0.2, -0.15) is 0 Å². The highest BCUT2D eigenvalue weighted by molar-refractivity contribution is 7.99.